The van der Waals surface area contributed by atoms with Crippen LogP contribution < -0.4 is 5.32 Å². The van der Waals surface area contributed by atoms with Crippen LogP contribution in [0.3, 0.4) is 0 Å². The zero-order chi connectivity index (χ0) is 17.1. The van der Waals surface area contributed by atoms with E-state index < -0.39 is 0 Å². The van der Waals surface area contributed by atoms with Crippen LogP contribution in [0.5, 0.6) is 0 Å². The number of para-hydroxylation sites is 1. The van der Waals surface area contributed by atoms with E-state index in [1.807, 2.05) is 29.1 Å². The molecule has 1 N–H and O–H groups in total. The Morgan fingerprint density at radius 2 is 1.92 bits per heavy atom. The molecule has 0 unspecified atom stereocenters. The van der Waals surface area contributed by atoms with E-state index in [0.29, 0.717) is 11.9 Å². The van der Waals surface area contributed by atoms with Gasteiger partial charge in [-0.1, -0.05) is 18.2 Å². The SMILES string of the molecule is O=C([C@@H]1CC[C@H](NCc2ccnn2-c2ccccc2)C1)N1CCCC1. The van der Waals surface area contributed by atoms with Gasteiger partial charge in [0, 0.05) is 37.8 Å². The Kier molecular flexibility index (Phi) is 4.83. The highest BCUT2D eigenvalue weighted by Crippen LogP contribution is 2.28. The first-order chi connectivity index (χ1) is 12.3. The number of aromatic nitrogens is 2. The van der Waals surface area contributed by atoms with Gasteiger partial charge in [0.25, 0.3) is 0 Å². The van der Waals surface area contributed by atoms with Crippen LogP contribution in [0.25, 0.3) is 5.69 Å². The average Bonchev–Trinajstić information content (AvgIpc) is 3.41. The molecule has 1 saturated carbocycles. The molecule has 1 aliphatic heterocycles. The predicted octanol–water partition coefficient (Wildman–Crippen LogP) is 2.75. The highest BCUT2D eigenvalue weighted by atomic mass is 16.2. The summed E-state index contributed by atoms with van der Waals surface area (Å²) in [6.07, 6.45) is 7.26. The Morgan fingerprint density at radius 1 is 1.12 bits per heavy atom. The van der Waals surface area contributed by atoms with Crippen molar-refractivity contribution in [2.24, 2.45) is 5.92 Å². The summed E-state index contributed by atoms with van der Waals surface area (Å²) in [5.74, 6) is 0.603. The number of nitrogens with zero attached hydrogens (tertiary/aromatic N) is 3. The van der Waals surface area contributed by atoms with Gasteiger partial charge in [0.05, 0.1) is 11.4 Å². The molecule has 2 atom stereocenters. The minimum absolute atomic E-state index is 0.217. The van der Waals surface area contributed by atoms with E-state index in [4.69, 9.17) is 0 Å². The minimum atomic E-state index is 0.217. The average molecular weight is 338 g/mol. The van der Waals surface area contributed by atoms with Gasteiger partial charge in [0.1, 0.15) is 0 Å². The second-order valence-electron chi connectivity index (χ2n) is 7.19. The van der Waals surface area contributed by atoms with E-state index in [2.05, 4.69) is 33.5 Å². The summed E-state index contributed by atoms with van der Waals surface area (Å²) in [6, 6.07) is 12.7. The zero-order valence-electron chi connectivity index (χ0n) is 14.6. The molecule has 0 radical (unpaired) electrons. The van der Waals surface area contributed by atoms with Crippen LogP contribution in [0.4, 0.5) is 0 Å². The molecule has 4 rings (SSSR count). The van der Waals surface area contributed by atoms with Crippen molar-refractivity contribution in [3.05, 3.63) is 48.3 Å². The summed E-state index contributed by atoms with van der Waals surface area (Å²) in [6.45, 7) is 2.71. The minimum Gasteiger partial charge on any atom is -0.342 e. The van der Waals surface area contributed by atoms with Crippen molar-refractivity contribution >= 4 is 5.91 Å². The molecule has 1 saturated heterocycles. The third kappa shape index (κ3) is 3.61. The molecule has 1 amide bonds. The van der Waals surface area contributed by atoms with E-state index in [-0.39, 0.29) is 5.92 Å². The van der Waals surface area contributed by atoms with Gasteiger partial charge in [-0.05, 0) is 50.3 Å². The number of hydrogen-bond donors (Lipinski definition) is 1. The monoisotopic (exact) mass is 338 g/mol. The number of amides is 1. The first-order valence-electron chi connectivity index (χ1n) is 9.42. The Bertz CT molecular complexity index is 705. The third-order valence-corrected chi connectivity index (χ3v) is 5.49. The lowest BCUT2D eigenvalue weighted by molar-refractivity contribution is -0.134. The Hall–Kier alpha value is -2.14. The maximum atomic E-state index is 12.5. The van der Waals surface area contributed by atoms with E-state index in [9.17, 15) is 4.79 Å². The third-order valence-electron chi connectivity index (χ3n) is 5.49. The number of nitrogens with one attached hydrogen (secondary N) is 1. The molecule has 2 aromatic rings. The Morgan fingerprint density at radius 3 is 2.72 bits per heavy atom. The molecule has 0 bridgehead atoms. The van der Waals surface area contributed by atoms with E-state index in [1.165, 1.54) is 12.8 Å². The molecule has 1 aliphatic carbocycles. The summed E-state index contributed by atoms with van der Waals surface area (Å²) < 4.78 is 1.98. The molecule has 132 valence electrons. The first kappa shape index (κ1) is 16.3. The van der Waals surface area contributed by atoms with Gasteiger partial charge in [-0.3, -0.25) is 4.79 Å². The molecule has 5 nitrogen and oxygen atoms in total. The van der Waals surface area contributed by atoms with Crippen LogP contribution in [-0.2, 0) is 11.3 Å². The van der Waals surface area contributed by atoms with Crippen molar-refractivity contribution in [3.8, 4) is 5.69 Å². The van der Waals surface area contributed by atoms with Crippen molar-refractivity contribution in [2.45, 2.75) is 44.7 Å². The fourth-order valence-corrected chi connectivity index (χ4v) is 4.10. The number of benzene rings is 1. The van der Waals surface area contributed by atoms with Crippen molar-refractivity contribution in [1.82, 2.24) is 20.0 Å². The number of hydrogen-bond acceptors (Lipinski definition) is 3. The van der Waals surface area contributed by atoms with Crippen LogP contribution in [0.2, 0.25) is 0 Å². The molecule has 2 fully saturated rings. The molecular formula is C20H26N4O. The first-order valence-corrected chi connectivity index (χ1v) is 9.42. The smallest absolute Gasteiger partial charge is 0.225 e. The van der Waals surface area contributed by atoms with E-state index >= 15 is 0 Å². The Labute approximate surface area is 149 Å². The summed E-state index contributed by atoms with van der Waals surface area (Å²) in [7, 11) is 0. The number of carbonyl (C=O) groups is 1. The fourth-order valence-electron chi connectivity index (χ4n) is 4.10. The summed E-state index contributed by atoms with van der Waals surface area (Å²) in [5.41, 5.74) is 2.23. The molecule has 0 spiro atoms. The maximum Gasteiger partial charge on any atom is 0.225 e. The molecule has 1 aromatic heterocycles. The normalized spacial score (nSPS) is 23.3. The molecule has 5 heteroatoms. The lowest BCUT2D eigenvalue weighted by atomic mass is 10.1. The lowest BCUT2D eigenvalue weighted by Gasteiger charge is -2.20. The fraction of sp³-hybridized carbons (Fsp3) is 0.500. The quantitative estimate of drug-likeness (QED) is 0.912. The molecular weight excluding hydrogens is 312 g/mol. The second kappa shape index (κ2) is 7.40. The van der Waals surface area contributed by atoms with Gasteiger partial charge >= 0.3 is 0 Å². The maximum absolute atomic E-state index is 12.5. The largest absolute Gasteiger partial charge is 0.342 e. The van der Waals surface area contributed by atoms with E-state index in [1.54, 1.807) is 0 Å². The lowest BCUT2D eigenvalue weighted by Crippen LogP contribution is -2.34. The Balaban J connectivity index is 1.33. The standard InChI is InChI=1S/C20H26N4O/c25-20(23-12-4-5-13-23)16-8-9-17(14-16)21-15-19-10-11-22-24(19)18-6-2-1-3-7-18/h1-3,6-7,10-11,16-17,21H,4-5,8-9,12-15H2/t16-,17+/m1/s1. The summed E-state index contributed by atoms with van der Waals surface area (Å²) in [5, 5.41) is 8.08. The van der Waals surface area contributed by atoms with Crippen LogP contribution in [0.1, 0.15) is 37.8 Å². The second-order valence-corrected chi connectivity index (χ2v) is 7.19. The number of carbonyl (C=O) groups excluding carboxylic acids is 1. The number of rotatable bonds is 5. The summed E-state index contributed by atoms with van der Waals surface area (Å²) in [4.78, 5) is 14.6. The van der Waals surface area contributed by atoms with Gasteiger partial charge < -0.3 is 10.2 Å². The van der Waals surface area contributed by atoms with Crippen molar-refractivity contribution < 1.29 is 4.79 Å². The molecule has 1 aromatic carbocycles. The predicted molar refractivity (Wildman–Crippen MR) is 97.3 cm³/mol. The van der Waals surface area contributed by atoms with Crippen molar-refractivity contribution in [1.29, 1.82) is 0 Å². The van der Waals surface area contributed by atoms with Gasteiger partial charge in [-0.2, -0.15) is 5.10 Å². The van der Waals surface area contributed by atoms with Gasteiger partial charge in [0.2, 0.25) is 5.91 Å². The van der Waals surface area contributed by atoms with Gasteiger partial charge in [-0.25, -0.2) is 4.68 Å². The highest BCUT2D eigenvalue weighted by molar-refractivity contribution is 5.79. The summed E-state index contributed by atoms with van der Waals surface area (Å²) >= 11 is 0. The molecule has 2 heterocycles. The van der Waals surface area contributed by atoms with E-state index in [0.717, 1.165) is 50.3 Å². The number of likely N-dealkylation sites (tertiary alicyclic amines) is 1. The van der Waals surface area contributed by atoms with Gasteiger partial charge in [0.15, 0.2) is 0 Å². The van der Waals surface area contributed by atoms with Crippen LogP contribution in [0.15, 0.2) is 42.6 Å². The van der Waals surface area contributed by atoms with Crippen molar-refractivity contribution in [2.75, 3.05) is 13.1 Å². The zero-order valence-corrected chi connectivity index (χ0v) is 14.6. The molecule has 2 aliphatic rings. The van der Waals surface area contributed by atoms with Crippen LogP contribution >= 0.6 is 0 Å². The van der Waals surface area contributed by atoms with Gasteiger partial charge in [-0.15, -0.1) is 0 Å². The van der Waals surface area contributed by atoms with Crippen LogP contribution in [0, 0.1) is 5.92 Å². The molecule has 25 heavy (non-hydrogen) atoms. The van der Waals surface area contributed by atoms with Crippen molar-refractivity contribution in [3.63, 3.8) is 0 Å². The highest BCUT2D eigenvalue weighted by Gasteiger charge is 2.33. The topological polar surface area (TPSA) is 50.2 Å². The van der Waals surface area contributed by atoms with Crippen LogP contribution in [-0.4, -0.2) is 39.7 Å².